The van der Waals surface area contributed by atoms with Gasteiger partial charge in [-0.2, -0.15) is 13.2 Å². The first-order valence-electron chi connectivity index (χ1n) is 8.45. The van der Waals surface area contributed by atoms with Crippen molar-refractivity contribution in [3.63, 3.8) is 0 Å². The molecule has 0 aliphatic carbocycles. The Balaban J connectivity index is 1.86. The van der Waals surface area contributed by atoms with Gasteiger partial charge in [-0.3, -0.25) is 0 Å². The lowest BCUT2D eigenvalue weighted by Gasteiger charge is -2.12. The van der Waals surface area contributed by atoms with Gasteiger partial charge in [-0.15, -0.1) is 0 Å². The number of hydrogen-bond donors (Lipinski definition) is 3. The van der Waals surface area contributed by atoms with Gasteiger partial charge in [-0.05, 0) is 25.1 Å². The molecule has 0 unspecified atom stereocenters. The summed E-state index contributed by atoms with van der Waals surface area (Å²) < 4.78 is 81.7. The number of aromatic nitrogens is 3. The Hall–Kier alpha value is -3.37. The lowest BCUT2D eigenvalue weighted by atomic mass is 10.2. The summed E-state index contributed by atoms with van der Waals surface area (Å²) >= 11 is 0. The van der Waals surface area contributed by atoms with Crippen LogP contribution in [0.3, 0.4) is 0 Å². The van der Waals surface area contributed by atoms with Crippen molar-refractivity contribution in [2.75, 3.05) is 17.3 Å². The molecule has 5 nitrogen and oxygen atoms in total. The molecule has 4 rings (SSSR count). The van der Waals surface area contributed by atoms with Crippen LogP contribution in [-0.2, 0) is 6.18 Å². The number of nitrogens with one attached hydrogen (secondary N) is 3. The molecule has 0 amide bonds. The molecule has 152 valence electrons. The fraction of sp³-hybridized carbons (Fsp3) is 0.167. The Bertz CT molecular complexity index is 1220. The Morgan fingerprint density at radius 2 is 1.76 bits per heavy atom. The summed E-state index contributed by atoms with van der Waals surface area (Å²) in [6.45, 7) is 2.02. The predicted octanol–water partition coefficient (Wildman–Crippen LogP) is 5.26. The predicted molar refractivity (Wildman–Crippen MR) is 96.1 cm³/mol. The molecule has 0 fully saturated rings. The highest BCUT2D eigenvalue weighted by molar-refractivity contribution is 5.94. The van der Waals surface area contributed by atoms with Crippen LogP contribution < -0.4 is 10.7 Å². The first-order valence-corrected chi connectivity index (χ1v) is 8.45. The first-order chi connectivity index (χ1) is 13.7. The first kappa shape index (κ1) is 19.0. The number of rotatable bonds is 4. The molecule has 0 saturated heterocycles. The Labute approximate surface area is 159 Å². The van der Waals surface area contributed by atoms with E-state index in [4.69, 9.17) is 0 Å². The summed E-state index contributed by atoms with van der Waals surface area (Å²) in [4.78, 5) is 6.81. The molecule has 0 aliphatic rings. The van der Waals surface area contributed by atoms with Gasteiger partial charge in [-0.25, -0.2) is 22.8 Å². The van der Waals surface area contributed by atoms with Crippen LogP contribution in [0, 0.1) is 17.5 Å². The van der Waals surface area contributed by atoms with Gasteiger partial charge in [0.15, 0.2) is 17.5 Å². The molecule has 2 aromatic carbocycles. The summed E-state index contributed by atoms with van der Waals surface area (Å²) in [5.41, 5.74) is 1.81. The van der Waals surface area contributed by atoms with Gasteiger partial charge in [0.2, 0.25) is 5.95 Å². The Morgan fingerprint density at radius 3 is 2.45 bits per heavy atom. The zero-order valence-corrected chi connectivity index (χ0v) is 14.8. The molecule has 0 radical (unpaired) electrons. The fourth-order valence-electron chi connectivity index (χ4n) is 3.06. The monoisotopic (exact) mass is 413 g/mol. The normalized spacial score (nSPS) is 12.1. The molecule has 2 heterocycles. The standard InChI is InChI=1S/C18H13F6N5/c1-2-26-29-16-12(21)3-8(18(22,23)24)4-14(16)27-17(29)28-15-7-25-13-6-11(20)10(19)5-9(13)15/h3-7,25-26H,2H2,1H3,(H,27,28). The highest BCUT2D eigenvalue weighted by Gasteiger charge is 2.32. The minimum Gasteiger partial charge on any atom is -0.359 e. The summed E-state index contributed by atoms with van der Waals surface area (Å²) in [7, 11) is 0. The van der Waals surface area contributed by atoms with E-state index in [1.807, 2.05) is 0 Å². The number of imidazole rings is 1. The van der Waals surface area contributed by atoms with E-state index in [0.29, 0.717) is 18.1 Å². The van der Waals surface area contributed by atoms with Crippen LogP contribution in [-0.4, -0.2) is 21.2 Å². The molecular weight excluding hydrogens is 400 g/mol. The second-order valence-electron chi connectivity index (χ2n) is 6.25. The van der Waals surface area contributed by atoms with Crippen LogP contribution in [0.15, 0.2) is 30.5 Å². The number of hydrogen-bond acceptors (Lipinski definition) is 3. The van der Waals surface area contributed by atoms with E-state index in [1.54, 1.807) is 6.92 Å². The molecular formula is C18H13F6N5. The van der Waals surface area contributed by atoms with Crippen LogP contribution in [0.4, 0.5) is 38.0 Å². The highest BCUT2D eigenvalue weighted by Crippen LogP contribution is 2.34. The number of nitrogens with zero attached hydrogens (tertiary/aromatic N) is 2. The van der Waals surface area contributed by atoms with Crippen molar-refractivity contribution in [3.05, 3.63) is 53.5 Å². The van der Waals surface area contributed by atoms with E-state index in [1.165, 1.54) is 10.9 Å². The number of fused-ring (bicyclic) bond motifs is 2. The molecule has 2 aromatic heterocycles. The minimum absolute atomic E-state index is 0.0225. The van der Waals surface area contributed by atoms with Crippen LogP contribution in [0.1, 0.15) is 12.5 Å². The third kappa shape index (κ3) is 3.22. The van der Waals surface area contributed by atoms with E-state index in [0.717, 1.165) is 18.2 Å². The van der Waals surface area contributed by atoms with Crippen LogP contribution >= 0.6 is 0 Å². The molecule has 0 atom stereocenters. The van der Waals surface area contributed by atoms with Crippen LogP contribution in [0.2, 0.25) is 0 Å². The second-order valence-corrected chi connectivity index (χ2v) is 6.25. The average molecular weight is 413 g/mol. The zero-order chi connectivity index (χ0) is 20.9. The van der Waals surface area contributed by atoms with Gasteiger partial charge < -0.3 is 15.7 Å². The van der Waals surface area contributed by atoms with E-state index >= 15 is 0 Å². The van der Waals surface area contributed by atoms with Crippen molar-refractivity contribution in [3.8, 4) is 0 Å². The number of benzene rings is 2. The van der Waals surface area contributed by atoms with Crippen molar-refractivity contribution in [2.24, 2.45) is 0 Å². The lowest BCUT2D eigenvalue weighted by Crippen LogP contribution is -2.17. The SMILES string of the molecule is CCNn1c(Nc2c[nH]c3cc(F)c(F)cc23)nc2cc(C(F)(F)F)cc(F)c21. The highest BCUT2D eigenvalue weighted by atomic mass is 19.4. The van der Waals surface area contributed by atoms with Gasteiger partial charge in [0.1, 0.15) is 5.52 Å². The van der Waals surface area contributed by atoms with E-state index < -0.39 is 29.2 Å². The molecule has 11 heteroatoms. The number of anilines is 2. The number of alkyl halides is 3. The number of aromatic amines is 1. The van der Waals surface area contributed by atoms with Crippen LogP contribution in [0.5, 0.6) is 0 Å². The molecule has 0 bridgehead atoms. The van der Waals surface area contributed by atoms with E-state index in [9.17, 15) is 26.3 Å². The van der Waals surface area contributed by atoms with Crippen molar-refractivity contribution >= 4 is 33.6 Å². The topological polar surface area (TPSA) is 57.7 Å². The van der Waals surface area contributed by atoms with Crippen molar-refractivity contribution in [2.45, 2.75) is 13.1 Å². The van der Waals surface area contributed by atoms with E-state index in [-0.39, 0.29) is 28.1 Å². The maximum atomic E-state index is 14.5. The fourth-order valence-corrected chi connectivity index (χ4v) is 3.06. The van der Waals surface area contributed by atoms with Gasteiger partial charge in [0, 0.05) is 24.2 Å². The quantitative estimate of drug-likeness (QED) is 0.400. The molecule has 4 aromatic rings. The molecule has 0 saturated carbocycles. The van der Waals surface area contributed by atoms with Crippen molar-refractivity contribution in [1.29, 1.82) is 0 Å². The van der Waals surface area contributed by atoms with Crippen molar-refractivity contribution < 1.29 is 26.3 Å². The summed E-state index contributed by atoms with van der Waals surface area (Å²) in [5, 5.41) is 3.11. The molecule has 29 heavy (non-hydrogen) atoms. The largest absolute Gasteiger partial charge is 0.416 e. The smallest absolute Gasteiger partial charge is 0.359 e. The van der Waals surface area contributed by atoms with Crippen LogP contribution in [0.25, 0.3) is 21.9 Å². The molecule has 0 spiro atoms. The molecule has 0 aliphatic heterocycles. The third-order valence-corrected chi connectivity index (χ3v) is 4.32. The maximum Gasteiger partial charge on any atom is 0.416 e. The minimum atomic E-state index is -4.73. The Kier molecular flexibility index (Phi) is 4.32. The number of halogens is 6. The van der Waals surface area contributed by atoms with Gasteiger partial charge >= 0.3 is 6.18 Å². The second kappa shape index (κ2) is 6.61. The van der Waals surface area contributed by atoms with Crippen molar-refractivity contribution in [1.82, 2.24) is 14.6 Å². The maximum absolute atomic E-state index is 14.5. The third-order valence-electron chi connectivity index (χ3n) is 4.32. The molecule has 3 N–H and O–H groups in total. The number of H-pyrrole nitrogens is 1. The zero-order valence-electron chi connectivity index (χ0n) is 14.8. The lowest BCUT2D eigenvalue weighted by molar-refractivity contribution is -0.137. The van der Waals surface area contributed by atoms with Gasteiger partial charge in [0.25, 0.3) is 0 Å². The average Bonchev–Trinajstić information content (AvgIpc) is 3.17. The summed E-state index contributed by atoms with van der Waals surface area (Å²) in [5.74, 6) is -3.23. The van der Waals surface area contributed by atoms with Gasteiger partial charge in [-0.1, -0.05) is 0 Å². The van der Waals surface area contributed by atoms with Gasteiger partial charge in [0.05, 0.1) is 22.3 Å². The Morgan fingerprint density at radius 1 is 1.03 bits per heavy atom. The van der Waals surface area contributed by atoms with E-state index in [2.05, 4.69) is 20.7 Å². The summed E-state index contributed by atoms with van der Waals surface area (Å²) in [6.07, 6.45) is -3.32. The summed E-state index contributed by atoms with van der Waals surface area (Å²) in [6, 6.07) is 3.07.